The molecule has 9 heteroatoms. The minimum atomic E-state index is -0.0970. The number of nitrogens with one attached hydrogen (secondary N) is 1. The number of carbonyl (C=O) groups is 2. The fourth-order valence-electron chi connectivity index (χ4n) is 3.28. The average molecular weight is 411 g/mol. The van der Waals surface area contributed by atoms with Crippen molar-refractivity contribution in [1.29, 1.82) is 0 Å². The second kappa shape index (κ2) is 8.95. The Kier molecular flexibility index (Phi) is 5.95. The highest BCUT2D eigenvalue weighted by molar-refractivity contribution is 7.13. The van der Waals surface area contributed by atoms with Crippen molar-refractivity contribution in [2.75, 3.05) is 13.1 Å². The molecule has 0 radical (unpaired) electrons. The van der Waals surface area contributed by atoms with Crippen LogP contribution in [0.4, 0.5) is 0 Å². The molecule has 4 rings (SSSR count). The van der Waals surface area contributed by atoms with Gasteiger partial charge in [0.05, 0.1) is 4.88 Å². The standard InChI is InChI=1S/C20H21N5O3S/c26-17(7-3-8-18-23-19(24-28-18)16-6-4-12-29-16)22-14-9-11-25(13-14)20(27)15-5-1-2-10-21-15/h1-2,4-6,10,12,14H,3,7-9,11,13H2,(H,22,26)/t14-/m1/s1. The smallest absolute Gasteiger partial charge is 0.272 e. The summed E-state index contributed by atoms with van der Waals surface area (Å²) in [6.07, 6.45) is 3.91. The van der Waals surface area contributed by atoms with Gasteiger partial charge in [-0.05, 0) is 36.4 Å². The Morgan fingerprint density at radius 1 is 1.28 bits per heavy atom. The molecule has 1 saturated heterocycles. The molecule has 0 saturated carbocycles. The van der Waals surface area contributed by atoms with E-state index in [0.29, 0.717) is 49.8 Å². The first kappa shape index (κ1) is 19.3. The zero-order valence-corrected chi connectivity index (χ0v) is 16.6. The van der Waals surface area contributed by atoms with Gasteiger partial charge in [0.25, 0.3) is 5.91 Å². The van der Waals surface area contributed by atoms with Gasteiger partial charge < -0.3 is 14.7 Å². The van der Waals surface area contributed by atoms with E-state index in [9.17, 15) is 9.59 Å². The summed E-state index contributed by atoms with van der Waals surface area (Å²) in [6, 6.07) is 9.13. The first-order chi connectivity index (χ1) is 14.2. The molecular formula is C20H21N5O3S. The molecule has 0 aliphatic carbocycles. The molecule has 2 amide bonds. The lowest BCUT2D eigenvalue weighted by atomic mass is 10.2. The van der Waals surface area contributed by atoms with E-state index in [1.807, 2.05) is 17.5 Å². The van der Waals surface area contributed by atoms with Crippen LogP contribution in [0.15, 0.2) is 46.4 Å². The summed E-state index contributed by atoms with van der Waals surface area (Å²) in [5.41, 5.74) is 0.431. The molecule has 0 unspecified atom stereocenters. The zero-order valence-electron chi connectivity index (χ0n) is 15.8. The van der Waals surface area contributed by atoms with E-state index in [0.717, 1.165) is 11.3 Å². The number of pyridine rings is 1. The number of nitrogens with zero attached hydrogens (tertiary/aromatic N) is 4. The summed E-state index contributed by atoms with van der Waals surface area (Å²) in [4.78, 5) is 35.8. The summed E-state index contributed by atoms with van der Waals surface area (Å²) < 4.78 is 5.25. The van der Waals surface area contributed by atoms with Crippen LogP contribution in [0.3, 0.4) is 0 Å². The number of hydrogen-bond acceptors (Lipinski definition) is 7. The van der Waals surface area contributed by atoms with Crippen LogP contribution in [-0.2, 0) is 11.2 Å². The number of aromatic nitrogens is 3. The number of carbonyl (C=O) groups excluding carboxylic acids is 2. The minimum Gasteiger partial charge on any atom is -0.352 e. The molecular weight excluding hydrogens is 390 g/mol. The molecule has 4 heterocycles. The highest BCUT2D eigenvalue weighted by atomic mass is 32.1. The van der Waals surface area contributed by atoms with Crippen LogP contribution in [0.1, 0.15) is 35.6 Å². The van der Waals surface area contributed by atoms with E-state index >= 15 is 0 Å². The first-order valence-electron chi connectivity index (χ1n) is 9.55. The lowest BCUT2D eigenvalue weighted by molar-refractivity contribution is -0.121. The average Bonchev–Trinajstić information content (AvgIpc) is 3.49. The van der Waals surface area contributed by atoms with Crippen LogP contribution in [-0.4, -0.2) is 51.0 Å². The Bertz CT molecular complexity index is 958. The Morgan fingerprint density at radius 3 is 3.00 bits per heavy atom. The second-order valence-corrected chi connectivity index (χ2v) is 7.81. The van der Waals surface area contributed by atoms with Gasteiger partial charge in [0.1, 0.15) is 5.69 Å². The van der Waals surface area contributed by atoms with Crippen molar-refractivity contribution < 1.29 is 14.1 Å². The minimum absolute atomic E-state index is 0.0241. The fraction of sp³-hybridized carbons (Fsp3) is 0.350. The van der Waals surface area contributed by atoms with Crippen molar-refractivity contribution in [3.05, 3.63) is 53.5 Å². The molecule has 8 nitrogen and oxygen atoms in total. The lowest BCUT2D eigenvalue weighted by Crippen LogP contribution is -2.38. The number of thiophene rings is 1. The highest BCUT2D eigenvalue weighted by Gasteiger charge is 2.28. The number of amides is 2. The van der Waals surface area contributed by atoms with Crippen LogP contribution in [0.25, 0.3) is 10.7 Å². The number of aryl methyl sites for hydroxylation is 1. The number of likely N-dealkylation sites (tertiary alicyclic amines) is 1. The van der Waals surface area contributed by atoms with Crippen molar-refractivity contribution in [1.82, 2.24) is 25.3 Å². The predicted molar refractivity (Wildman–Crippen MR) is 107 cm³/mol. The molecule has 3 aromatic rings. The van der Waals surface area contributed by atoms with E-state index in [-0.39, 0.29) is 17.9 Å². The van der Waals surface area contributed by atoms with Crippen LogP contribution >= 0.6 is 11.3 Å². The predicted octanol–water partition coefficient (Wildman–Crippen LogP) is 2.55. The maximum Gasteiger partial charge on any atom is 0.272 e. The van der Waals surface area contributed by atoms with E-state index in [1.165, 1.54) is 0 Å². The van der Waals surface area contributed by atoms with Gasteiger partial charge in [-0.3, -0.25) is 14.6 Å². The van der Waals surface area contributed by atoms with Gasteiger partial charge in [0, 0.05) is 38.2 Å². The van der Waals surface area contributed by atoms with Crippen LogP contribution < -0.4 is 5.32 Å². The third kappa shape index (κ3) is 4.86. The van der Waals surface area contributed by atoms with Gasteiger partial charge in [-0.1, -0.05) is 17.3 Å². The molecule has 0 bridgehead atoms. The monoisotopic (exact) mass is 411 g/mol. The van der Waals surface area contributed by atoms with Gasteiger partial charge >= 0.3 is 0 Å². The molecule has 0 spiro atoms. The first-order valence-corrected chi connectivity index (χ1v) is 10.4. The van der Waals surface area contributed by atoms with E-state index in [1.54, 1.807) is 40.6 Å². The van der Waals surface area contributed by atoms with Crippen molar-refractivity contribution in [2.45, 2.75) is 31.7 Å². The van der Waals surface area contributed by atoms with Gasteiger partial charge in [0.15, 0.2) is 0 Å². The summed E-state index contributed by atoms with van der Waals surface area (Å²) in [5, 5.41) is 8.94. The Hall–Kier alpha value is -3.07. The Balaban J connectivity index is 1.19. The third-order valence-electron chi connectivity index (χ3n) is 4.73. The van der Waals surface area contributed by atoms with Crippen molar-refractivity contribution in [2.24, 2.45) is 0 Å². The van der Waals surface area contributed by atoms with Crippen LogP contribution in [0, 0.1) is 0 Å². The van der Waals surface area contributed by atoms with E-state index in [2.05, 4.69) is 20.4 Å². The molecule has 29 heavy (non-hydrogen) atoms. The summed E-state index contributed by atoms with van der Waals surface area (Å²) in [7, 11) is 0. The number of rotatable bonds is 7. The maximum absolute atomic E-state index is 12.4. The molecule has 0 aromatic carbocycles. The van der Waals surface area contributed by atoms with E-state index < -0.39 is 0 Å². The van der Waals surface area contributed by atoms with Crippen molar-refractivity contribution in [3.8, 4) is 10.7 Å². The lowest BCUT2D eigenvalue weighted by Gasteiger charge is -2.16. The highest BCUT2D eigenvalue weighted by Crippen LogP contribution is 2.21. The molecule has 3 aromatic heterocycles. The second-order valence-electron chi connectivity index (χ2n) is 6.86. The van der Waals surface area contributed by atoms with Gasteiger partial charge in [-0.25, -0.2) is 0 Å². The van der Waals surface area contributed by atoms with Crippen molar-refractivity contribution in [3.63, 3.8) is 0 Å². The number of hydrogen-bond donors (Lipinski definition) is 1. The molecule has 1 N–H and O–H groups in total. The molecule has 1 fully saturated rings. The molecule has 150 valence electrons. The fourth-order valence-corrected chi connectivity index (χ4v) is 3.93. The Labute approximate surface area is 172 Å². The van der Waals surface area contributed by atoms with Gasteiger partial charge in [0.2, 0.25) is 17.6 Å². The third-order valence-corrected chi connectivity index (χ3v) is 5.59. The van der Waals surface area contributed by atoms with E-state index in [4.69, 9.17) is 4.52 Å². The molecule has 1 aliphatic rings. The van der Waals surface area contributed by atoms with Crippen LogP contribution in [0.5, 0.6) is 0 Å². The molecule has 1 aliphatic heterocycles. The van der Waals surface area contributed by atoms with Crippen LogP contribution in [0.2, 0.25) is 0 Å². The SMILES string of the molecule is O=C(CCCc1nc(-c2cccs2)no1)N[C@@H]1CCN(C(=O)c2ccccn2)C1. The largest absolute Gasteiger partial charge is 0.352 e. The summed E-state index contributed by atoms with van der Waals surface area (Å²) in [5.74, 6) is 0.998. The summed E-state index contributed by atoms with van der Waals surface area (Å²) in [6.45, 7) is 1.13. The quantitative estimate of drug-likeness (QED) is 0.641. The molecule has 1 atom stereocenters. The maximum atomic E-state index is 12.4. The van der Waals surface area contributed by atoms with Gasteiger partial charge in [-0.15, -0.1) is 11.3 Å². The zero-order chi connectivity index (χ0) is 20.1. The topological polar surface area (TPSA) is 101 Å². The summed E-state index contributed by atoms with van der Waals surface area (Å²) >= 11 is 1.56. The van der Waals surface area contributed by atoms with Gasteiger partial charge in [-0.2, -0.15) is 4.98 Å². The Morgan fingerprint density at radius 2 is 2.21 bits per heavy atom. The van der Waals surface area contributed by atoms with Crippen molar-refractivity contribution >= 4 is 23.2 Å². The normalized spacial score (nSPS) is 16.1.